The molecule has 0 spiro atoms. The highest BCUT2D eigenvalue weighted by Crippen LogP contribution is 2.20. The molecule has 20 heavy (non-hydrogen) atoms. The standard InChI is InChI=1S/C16H21NO3/c1-10(2)8-11(3)15(18)17-14-7-5-6-13(9-14)12(4)16(19)20/h5-7,9,11-12H,1,8H2,2-4H3,(H,17,18)(H,19,20). The number of amides is 1. The molecule has 1 amide bonds. The molecule has 0 bridgehead atoms. The zero-order valence-electron chi connectivity index (χ0n) is 12.1. The van der Waals surface area contributed by atoms with E-state index in [4.69, 9.17) is 5.11 Å². The molecule has 0 aliphatic rings. The molecule has 0 heterocycles. The van der Waals surface area contributed by atoms with Gasteiger partial charge >= 0.3 is 5.97 Å². The lowest BCUT2D eigenvalue weighted by Gasteiger charge is -2.13. The maximum absolute atomic E-state index is 12.0. The first-order valence-electron chi connectivity index (χ1n) is 6.59. The summed E-state index contributed by atoms with van der Waals surface area (Å²) in [4.78, 5) is 23.0. The van der Waals surface area contributed by atoms with E-state index in [9.17, 15) is 9.59 Å². The number of carboxylic acid groups (broad SMARTS) is 1. The molecule has 0 radical (unpaired) electrons. The van der Waals surface area contributed by atoms with Gasteiger partial charge in [-0.1, -0.05) is 24.6 Å². The molecule has 0 aliphatic heterocycles. The van der Waals surface area contributed by atoms with Gasteiger partial charge in [-0.05, 0) is 38.0 Å². The average molecular weight is 275 g/mol. The Morgan fingerprint density at radius 3 is 2.55 bits per heavy atom. The summed E-state index contributed by atoms with van der Waals surface area (Å²) in [7, 11) is 0. The van der Waals surface area contributed by atoms with E-state index in [0.717, 1.165) is 5.57 Å². The van der Waals surface area contributed by atoms with Crippen LogP contribution in [0.25, 0.3) is 0 Å². The molecular formula is C16H21NO3. The van der Waals surface area contributed by atoms with Crippen LogP contribution in [0.4, 0.5) is 5.69 Å². The van der Waals surface area contributed by atoms with Gasteiger partial charge in [0, 0.05) is 11.6 Å². The quantitative estimate of drug-likeness (QED) is 0.782. The van der Waals surface area contributed by atoms with Crippen molar-refractivity contribution in [2.75, 3.05) is 5.32 Å². The van der Waals surface area contributed by atoms with E-state index >= 15 is 0 Å². The molecular weight excluding hydrogens is 254 g/mol. The number of hydrogen-bond acceptors (Lipinski definition) is 2. The topological polar surface area (TPSA) is 66.4 Å². The van der Waals surface area contributed by atoms with Crippen molar-refractivity contribution in [2.45, 2.75) is 33.1 Å². The van der Waals surface area contributed by atoms with Crippen LogP contribution in [0.1, 0.15) is 38.7 Å². The maximum Gasteiger partial charge on any atom is 0.310 e. The van der Waals surface area contributed by atoms with Gasteiger partial charge in [0.2, 0.25) is 5.91 Å². The Balaban J connectivity index is 2.78. The summed E-state index contributed by atoms with van der Waals surface area (Å²) in [6.07, 6.45) is 0.636. The number of carboxylic acids is 1. The van der Waals surface area contributed by atoms with Crippen LogP contribution in [0.15, 0.2) is 36.4 Å². The zero-order valence-corrected chi connectivity index (χ0v) is 12.1. The summed E-state index contributed by atoms with van der Waals surface area (Å²) < 4.78 is 0. The SMILES string of the molecule is C=C(C)CC(C)C(=O)Nc1cccc(C(C)C(=O)O)c1. The number of benzene rings is 1. The second-order valence-electron chi connectivity index (χ2n) is 5.24. The Morgan fingerprint density at radius 1 is 1.35 bits per heavy atom. The molecule has 0 saturated heterocycles. The van der Waals surface area contributed by atoms with Crippen molar-refractivity contribution in [3.8, 4) is 0 Å². The lowest BCUT2D eigenvalue weighted by molar-refractivity contribution is -0.138. The van der Waals surface area contributed by atoms with Gasteiger partial charge in [0.05, 0.1) is 5.92 Å². The van der Waals surface area contributed by atoms with Crippen molar-refractivity contribution in [2.24, 2.45) is 5.92 Å². The average Bonchev–Trinajstić information content (AvgIpc) is 2.37. The molecule has 1 aromatic carbocycles. The number of hydrogen-bond donors (Lipinski definition) is 2. The van der Waals surface area contributed by atoms with Crippen LogP contribution in [-0.4, -0.2) is 17.0 Å². The number of anilines is 1. The fourth-order valence-corrected chi connectivity index (χ4v) is 1.91. The third kappa shape index (κ3) is 4.53. The molecule has 2 N–H and O–H groups in total. The predicted molar refractivity (Wildman–Crippen MR) is 79.7 cm³/mol. The minimum atomic E-state index is -0.885. The normalized spacial score (nSPS) is 13.3. The molecule has 0 fully saturated rings. The number of allylic oxidation sites excluding steroid dienone is 1. The number of carbonyl (C=O) groups is 2. The second kappa shape index (κ2) is 6.89. The molecule has 1 aromatic rings. The molecule has 1 rings (SSSR count). The number of nitrogens with one attached hydrogen (secondary N) is 1. The highest BCUT2D eigenvalue weighted by molar-refractivity contribution is 5.92. The van der Waals surface area contributed by atoms with Gasteiger partial charge in [0.15, 0.2) is 0 Å². The summed E-state index contributed by atoms with van der Waals surface area (Å²) in [6.45, 7) is 9.14. The summed E-state index contributed by atoms with van der Waals surface area (Å²) in [5.41, 5.74) is 2.25. The lowest BCUT2D eigenvalue weighted by Crippen LogP contribution is -2.20. The molecule has 0 aliphatic carbocycles. The van der Waals surface area contributed by atoms with E-state index in [-0.39, 0.29) is 11.8 Å². The Bertz CT molecular complexity index is 522. The van der Waals surface area contributed by atoms with Crippen LogP contribution in [-0.2, 0) is 9.59 Å². The van der Waals surface area contributed by atoms with Gasteiger partial charge in [-0.3, -0.25) is 9.59 Å². The lowest BCUT2D eigenvalue weighted by atomic mass is 10.00. The smallest absolute Gasteiger partial charge is 0.310 e. The molecule has 2 atom stereocenters. The van der Waals surface area contributed by atoms with Gasteiger partial charge < -0.3 is 10.4 Å². The van der Waals surface area contributed by atoms with E-state index in [1.165, 1.54) is 0 Å². The highest BCUT2D eigenvalue weighted by atomic mass is 16.4. The number of rotatable bonds is 6. The second-order valence-corrected chi connectivity index (χ2v) is 5.24. The Morgan fingerprint density at radius 2 is 2.00 bits per heavy atom. The van der Waals surface area contributed by atoms with Crippen molar-refractivity contribution in [1.29, 1.82) is 0 Å². The summed E-state index contributed by atoms with van der Waals surface area (Å²) in [5, 5.41) is 11.8. The van der Waals surface area contributed by atoms with Crippen molar-refractivity contribution in [3.05, 3.63) is 42.0 Å². The highest BCUT2D eigenvalue weighted by Gasteiger charge is 2.16. The minimum absolute atomic E-state index is 0.0897. The minimum Gasteiger partial charge on any atom is -0.481 e. The van der Waals surface area contributed by atoms with Crippen molar-refractivity contribution in [1.82, 2.24) is 0 Å². The van der Waals surface area contributed by atoms with Crippen LogP contribution >= 0.6 is 0 Å². The van der Waals surface area contributed by atoms with Gasteiger partial charge in [0.1, 0.15) is 0 Å². The first-order valence-corrected chi connectivity index (χ1v) is 6.59. The Labute approximate surface area is 119 Å². The van der Waals surface area contributed by atoms with Gasteiger partial charge in [-0.2, -0.15) is 0 Å². The molecule has 0 aromatic heterocycles. The van der Waals surface area contributed by atoms with Crippen molar-refractivity contribution >= 4 is 17.6 Å². The fourth-order valence-electron chi connectivity index (χ4n) is 1.91. The van der Waals surface area contributed by atoms with E-state index in [1.807, 2.05) is 13.8 Å². The van der Waals surface area contributed by atoms with Crippen LogP contribution in [0.3, 0.4) is 0 Å². The summed E-state index contributed by atoms with van der Waals surface area (Å²) in [6, 6.07) is 6.94. The molecule has 4 heteroatoms. The van der Waals surface area contributed by atoms with E-state index in [0.29, 0.717) is 17.7 Å². The van der Waals surface area contributed by atoms with Gasteiger partial charge in [-0.15, -0.1) is 6.58 Å². The number of aliphatic carboxylic acids is 1. The molecule has 108 valence electrons. The van der Waals surface area contributed by atoms with E-state index in [1.54, 1.807) is 31.2 Å². The fraction of sp³-hybridized carbons (Fsp3) is 0.375. The Kier molecular flexibility index (Phi) is 5.50. The van der Waals surface area contributed by atoms with E-state index in [2.05, 4.69) is 11.9 Å². The van der Waals surface area contributed by atoms with Crippen molar-refractivity contribution < 1.29 is 14.7 Å². The first-order chi connectivity index (χ1) is 9.31. The van der Waals surface area contributed by atoms with Crippen molar-refractivity contribution in [3.63, 3.8) is 0 Å². The monoisotopic (exact) mass is 275 g/mol. The van der Waals surface area contributed by atoms with E-state index < -0.39 is 11.9 Å². The van der Waals surface area contributed by atoms with Crippen LogP contribution in [0, 0.1) is 5.92 Å². The molecule has 0 saturated carbocycles. The Hall–Kier alpha value is -2.10. The third-order valence-electron chi connectivity index (χ3n) is 3.13. The summed E-state index contributed by atoms with van der Waals surface area (Å²) >= 11 is 0. The van der Waals surface area contributed by atoms with Crippen LogP contribution < -0.4 is 5.32 Å². The molecule has 2 unspecified atom stereocenters. The largest absolute Gasteiger partial charge is 0.481 e. The van der Waals surface area contributed by atoms with Crippen LogP contribution in [0.2, 0.25) is 0 Å². The third-order valence-corrected chi connectivity index (χ3v) is 3.13. The maximum atomic E-state index is 12.0. The van der Waals surface area contributed by atoms with Gasteiger partial charge in [-0.25, -0.2) is 0 Å². The first kappa shape index (κ1) is 16.0. The zero-order chi connectivity index (χ0) is 15.3. The summed E-state index contributed by atoms with van der Waals surface area (Å²) in [5.74, 6) is -1.73. The molecule has 4 nitrogen and oxygen atoms in total. The van der Waals surface area contributed by atoms with Gasteiger partial charge in [0.25, 0.3) is 0 Å². The van der Waals surface area contributed by atoms with Crippen LogP contribution in [0.5, 0.6) is 0 Å². The predicted octanol–water partition coefficient (Wildman–Crippen LogP) is 3.42. The number of carbonyl (C=O) groups excluding carboxylic acids is 1.